The Hall–Kier alpha value is -2.57. The second-order valence-corrected chi connectivity index (χ2v) is 8.41. The molecule has 0 bridgehead atoms. The number of hydrogen-bond acceptors (Lipinski definition) is 6. The molecule has 0 radical (unpaired) electrons. The first-order valence-electron chi connectivity index (χ1n) is 9.70. The van der Waals surface area contributed by atoms with Gasteiger partial charge < -0.3 is 15.5 Å². The minimum Gasteiger partial charge on any atom is -0.370 e. The number of rotatable bonds is 3. The van der Waals surface area contributed by atoms with Gasteiger partial charge in [-0.1, -0.05) is 42.1 Å². The summed E-state index contributed by atoms with van der Waals surface area (Å²) in [5.74, 6) is 0. The summed E-state index contributed by atoms with van der Waals surface area (Å²) in [5, 5.41) is 0.162. The highest BCUT2D eigenvalue weighted by Crippen LogP contribution is 2.55. The van der Waals surface area contributed by atoms with E-state index >= 15 is 0 Å². The van der Waals surface area contributed by atoms with Crippen molar-refractivity contribution in [3.63, 3.8) is 0 Å². The standard InChI is InChI=1S/C22H23N5S/c23-17-8-12-26(13-9-17)18-6-10-24-14-19(18)27-20-15-25-11-7-21(20)28-22(27)16-4-2-1-3-5-16/h1-7,10-11,14-15,17,22H,8-9,12-13,23H2. The molecule has 2 N–H and O–H groups in total. The number of aromatic nitrogens is 2. The number of benzene rings is 1. The minimum atomic E-state index is 0.162. The Labute approximate surface area is 169 Å². The lowest BCUT2D eigenvalue weighted by atomic mass is 10.1. The lowest BCUT2D eigenvalue weighted by molar-refractivity contribution is 0.501. The van der Waals surface area contributed by atoms with Crippen molar-refractivity contribution in [2.75, 3.05) is 22.9 Å². The fourth-order valence-electron chi connectivity index (χ4n) is 4.02. The van der Waals surface area contributed by atoms with Crippen LogP contribution in [-0.2, 0) is 0 Å². The maximum atomic E-state index is 6.14. The van der Waals surface area contributed by atoms with E-state index in [0.29, 0.717) is 6.04 Å². The van der Waals surface area contributed by atoms with Crippen molar-refractivity contribution in [2.24, 2.45) is 5.73 Å². The zero-order valence-corrected chi connectivity index (χ0v) is 16.4. The molecule has 2 aliphatic heterocycles. The molecule has 4 heterocycles. The summed E-state index contributed by atoms with van der Waals surface area (Å²) >= 11 is 1.87. The number of nitrogens with two attached hydrogens (primary N) is 1. The lowest BCUT2D eigenvalue weighted by Crippen LogP contribution is -2.40. The third-order valence-electron chi connectivity index (χ3n) is 5.50. The molecular weight excluding hydrogens is 366 g/mol. The van der Waals surface area contributed by atoms with Crippen molar-refractivity contribution < 1.29 is 0 Å². The molecule has 2 aliphatic rings. The minimum absolute atomic E-state index is 0.162. The first kappa shape index (κ1) is 17.5. The molecule has 0 spiro atoms. The van der Waals surface area contributed by atoms with Crippen LogP contribution in [0.2, 0.25) is 0 Å². The van der Waals surface area contributed by atoms with Gasteiger partial charge in [-0.25, -0.2) is 0 Å². The van der Waals surface area contributed by atoms with Crippen molar-refractivity contribution in [1.29, 1.82) is 0 Å². The van der Waals surface area contributed by atoms with Crippen LogP contribution in [0.4, 0.5) is 17.1 Å². The SMILES string of the molecule is NC1CCN(c2ccncc2N2c3cnccc3SC2c2ccccc2)CC1. The van der Waals surface area contributed by atoms with Crippen LogP contribution in [0.15, 0.2) is 72.1 Å². The number of fused-ring (bicyclic) bond motifs is 1. The molecule has 5 nitrogen and oxygen atoms in total. The molecule has 0 saturated carbocycles. The molecule has 1 atom stereocenters. The predicted molar refractivity (Wildman–Crippen MR) is 115 cm³/mol. The van der Waals surface area contributed by atoms with Gasteiger partial charge in [0.2, 0.25) is 0 Å². The van der Waals surface area contributed by atoms with Crippen LogP contribution in [0.1, 0.15) is 23.8 Å². The van der Waals surface area contributed by atoms with Crippen LogP contribution in [0.25, 0.3) is 0 Å². The maximum Gasteiger partial charge on any atom is 0.110 e. The van der Waals surface area contributed by atoms with Crippen molar-refractivity contribution in [1.82, 2.24) is 9.97 Å². The number of nitrogens with zero attached hydrogens (tertiary/aromatic N) is 4. The Morgan fingerprint density at radius 3 is 2.36 bits per heavy atom. The van der Waals surface area contributed by atoms with Crippen LogP contribution >= 0.6 is 11.8 Å². The summed E-state index contributed by atoms with van der Waals surface area (Å²) in [4.78, 5) is 15.0. The van der Waals surface area contributed by atoms with Crippen LogP contribution < -0.4 is 15.5 Å². The molecule has 6 heteroatoms. The van der Waals surface area contributed by atoms with Gasteiger partial charge in [0.05, 0.1) is 29.5 Å². The highest BCUT2D eigenvalue weighted by atomic mass is 32.2. The average Bonchev–Trinajstić information content (AvgIpc) is 3.14. The van der Waals surface area contributed by atoms with Crippen molar-refractivity contribution in [3.05, 3.63) is 72.8 Å². The van der Waals surface area contributed by atoms with Gasteiger partial charge in [-0.05, 0) is 30.5 Å². The van der Waals surface area contributed by atoms with Crippen LogP contribution in [0, 0.1) is 0 Å². The summed E-state index contributed by atoms with van der Waals surface area (Å²) in [6.45, 7) is 1.96. The largest absolute Gasteiger partial charge is 0.370 e. The first-order valence-corrected chi connectivity index (χ1v) is 10.6. The Morgan fingerprint density at radius 1 is 0.857 bits per heavy atom. The Kier molecular flexibility index (Phi) is 4.66. The molecule has 1 fully saturated rings. The number of thioether (sulfide) groups is 1. The molecular formula is C22H23N5S. The first-order chi connectivity index (χ1) is 13.8. The van der Waals surface area contributed by atoms with E-state index in [-0.39, 0.29) is 5.37 Å². The van der Waals surface area contributed by atoms with Crippen molar-refractivity contribution >= 4 is 28.8 Å². The third-order valence-corrected chi connectivity index (χ3v) is 6.80. The summed E-state index contributed by atoms with van der Waals surface area (Å²) < 4.78 is 0. The fraction of sp³-hybridized carbons (Fsp3) is 0.273. The molecule has 142 valence electrons. The van der Waals surface area contributed by atoms with Crippen LogP contribution in [0.5, 0.6) is 0 Å². The predicted octanol–water partition coefficient (Wildman–Crippen LogP) is 4.35. The summed E-state index contributed by atoms with van der Waals surface area (Å²) in [6, 6.07) is 15.2. The van der Waals surface area contributed by atoms with Crippen LogP contribution in [0.3, 0.4) is 0 Å². The fourth-order valence-corrected chi connectivity index (χ4v) is 5.29. The van der Waals surface area contributed by atoms with Crippen LogP contribution in [-0.4, -0.2) is 29.1 Å². The molecule has 0 aliphatic carbocycles. The van der Waals surface area contributed by atoms with Gasteiger partial charge >= 0.3 is 0 Å². The van der Waals surface area contributed by atoms with E-state index in [1.807, 2.05) is 36.5 Å². The zero-order chi connectivity index (χ0) is 18.9. The van der Waals surface area contributed by atoms with E-state index in [0.717, 1.165) is 37.3 Å². The molecule has 1 saturated heterocycles. The third kappa shape index (κ3) is 3.12. The number of anilines is 3. The number of pyridine rings is 2. The van der Waals surface area contributed by atoms with E-state index in [9.17, 15) is 0 Å². The smallest absolute Gasteiger partial charge is 0.110 e. The Bertz CT molecular complexity index is 956. The molecule has 0 amide bonds. The van der Waals surface area contributed by atoms with E-state index in [2.05, 4.69) is 62.2 Å². The highest BCUT2D eigenvalue weighted by molar-refractivity contribution is 8.00. The summed E-state index contributed by atoms with van der Waals surface area (Å²) in [6.07, 6.45) is 9.76. The zero-order valence-electron chi connectivity index (χ0n) is 15.6. The van der Waals surface area contributed by atoms with Gasteiger partial charge in [0, 0.05) is 36.4 Å². The highest BCUT2D eigenvalue weighted by Gasteiger charge is 2.35. The lowest BCUT2D eigenvalue weighted by Gasteiger charge is -2.36. The molecule has 28 heavy (non-hydrogen) atoms. The van der Waals surface area contributed by atoms with Gasteiger partial charge in [-0.15, -0.1) is 0 Å². The van der Waals surface area contributed by atoms with E-state index < -0.39 is 0 Å². The van der Waals surface area contributed by atoms with Gasteiger partial charge in [0.15, 0.2) is 0 Å². The monoisotopic (exact) mass is 389 g/mol. The topological polar surface area (TPSA) is 58.3 Å². The van der Waals surface area contributed by atoms with Crippen molar-refractivity contribution in [3.8, 4) is 0 Å². The molecule has 1 unspecified atom stereocenters. The molecule has 2 aromatic heterocycles. The summed E-state index contributed by atoms with van der Waals surface area (Å²) in [5.41, 5.74) is 10.9. The second kappa shape index (κ2) is 7.45. The normalized spacial score (nSPS) is 19.7. The quantitative estimate of drug-likeness (QED) is 0.719. The van der Waals surface area contributed by atoms with E-state index in [4.69, 9.17) is 5.73 Å². The van der Waals surface area contributed by atoms with Gasteiger partial charge in [0.25, 0.3) is 0 Å². The maximum absolute atomic E-state index is 6.14. The van der Waals surface area contributed by atoms with Gasteiger partial charge in [-0.2, -0.15) is 0 Å². The average molecular weight is 390 g/mol. The van der Waals surface area contributed by atoms with E-state index in [1.165, 1.54) is 16.1 Å². The van der Waals surface area contributed by atoms with Gasteiger partial charge in [0.1, 0.15) is 5.37 Å². The Balaban J connectivity index is 1.60. The second-order valence-electron chi connectivity index (χ2n) is 7.28. The van der Waals surface area contributed by atoms with Gasteiger partial charge in [-0.3, -0.25) is 9.97 Å². The number of piperidine rings is 1. The van der Waals surface area contributed by atoms with E-state index in [1.54, 1.807) is 0 Å². The molecule has 1 aromatic carbocycles. The molecule has 5 rings (SSSR count). The summed E-state index contributed by atoms with van der Waals surface area (Å²) in [7, 11) is 0. The van der Waals surface area contributed by atoms with Crippen molar-refractivity contribution in [2.45, 2.75) is 29.2 Å². The Morgan fingerprint density at radius 2 is 1.57 bits per heavy atom. The number of hydrogen-bond donors (Lipinski definition) is 1. The molecule has 3 aromatic rings.